The van der Waals surface area contributed by atoms with Gasteiger partial charge in [-0.25, -0.2) is 4.79 Å². The van der Waals surface area contributed by atoms with Gasteiger partial charge in [0.25, 0.3) is 0 Å². The van der Waals surface area contributed by atoms with Gasteiger partial charge in [0.2, 0.25) is 0 Å². The molecule has 0 radical (unpaired) electrons. The summed E-state index contributed by atoms with van der Waals surface area (Å²) in [6.45, 7) is 9.29. The van der Waals surface area contributed by atoms with Gasteiger partial charge < -0.3 is 20.3 Å². The van der Waals surface area contributed by atoms with Crippen molar-refractivity contribution in [1.29, 1.82) is 0 Å². The van der Waals surface area contributed by atoms with Crippen molar-refractivity contribution in [3.8, 4) is 0 Å². The monoisotopic (exact) mass is 313 g/mol. The van der Waals surface area contributed by atoms with Crippen LogP contribution in [0.5, 0.6) is 0 Å². The molecule has 2 aliphatic rings. The Hall–Kier alpha value is -0.810. The van der Waals surface area contributed by atoms with E-state index in [0.717, 1.165) is 19.3 Å². The van der Waals surface area contributed by atoms with Crippen LogP contribution in [0.25, 0.3) is 0 Å². The van der Waals surface area contributed by atoms with Gasteiger partial charge in [-0.3, -0.25) is 0 Å². The summed E-state index contributed by atoms with van der Waals surface area (Å²) >= 11 is 0. The fraction of sp³-hybridized carbons (Fsp3) is 0.941. The van der Waals surface area contributed by atoms with Gasteiger partial charge >= 0.3 is 6.09 Å². The van der Waals surface area contributed by atoms with E-state index in [1.54, 1.807) is 0 Å². The van der Waals surface area contributed by atoms with Crippen LogP contribution in [0.3, 0.4) is 0 Å². The van der Waals surface area contributed by atoms with Crippen LogP contribution < -0.4 is 5.32 Å². The smallest absolute Gasteiger partial charge is 0.407 e. The van der Waals surface area contributed by atoms with Crippen LogP contribution in [-0.4, -0.2) is 40.2 Å². The molecule has 2 aliphatic carbocycles. The maximum atomic E-state index is 12.1. The number of aliphatic hydroxyl groups excluding tert-OH is 2. The first-order chi connectivity index (χ1) is 10.1. The van der Waals surface area contributed by atoms with E-state index in [1.165, 1.54) is 0 Å². The molecule has 5 heteroatoms. The predicted octanol–water partition coefficient (Wildman–Crippen LogP) is 2.30. The number of hydrogen-bond donors (Lipinski definition) is 3. The van der Waals surface area contributed by atoms with Gasteiger partial charge in [-0.1, -0.05) is 13.8 Å². The highest BCUT2D eigenvalue weighted by Gasteiger charge is 2.52. The Balaban J connectivity index is 2.12. The Labute approximate surface area is 133 Å². The van der Waals surface area contributed by atoms with E-state index in [-0.39, 0.29) is 11.8 Å². The second-order valence-corrected chi connectivity index (χ2v) is 8.31. The largest absolute Gasteiger partial charge is 0.444 e. The summed E-state index contributed by atoms with van der Waals surface area (Å²) in [4.78, 5) is 12.1. The Morgan fingerprint density at radius 2 is 1.82 bits per heavy atom. The maximum Gasteiger partial charge on any atom is 0.407 e. The zero-order chi connectivity index (χ0) is 16.7. The number of alkyl carbamates (subject to hydrolysis) is 1. The molecule has 2 saturated carbocycles. The number of hydrogen-bond acceptors (Lipinski definition) is 4. The van der Waals surface area contributed by atoms with Crippen LogP contribution in [0.2, 0.25) is 0 Å². The number of rotatable bonds is 4. The van der Waals surface area contributed by atoms with E-state index in [0.29, 0.717) is 11.8 Å². The fourth-order valence-electron chi connectivity index (χ4n) is 4.08. The lowest BCUT2D eigenvalue weighted by atomic mass is 9.77. The molecule has 0 spiro atoms. The lowest BCUT2D eigenvalue weighted by Crippen LogP contribution is -2.55. The Morgan fingerprint density at radius 1 is 1.23 bits per heavy atom. The number of carbonyl (C=O) groups is 1. The van der Waals surface area contributed by atoms with Crippen LogP contribution in [0.4, 0.5) is 4.79 Å². The van der Waals surface area contributed by atoms with Gasteiger partial charge in [0.1, 0.15) is 5.60 Å². The molecule has 0 aliphatic heterocycles. The van der Waals surface area contributed by atoms with Crippen molar-refractivity contribution >= 4 is 6.09 Å². The molecule has 3 N–H and O–H groups in total. The van der Waals surface area contributed by atoms with Crippen LogP contribution in [0.15, 0.2) is 0 Å². The minimum Gasteiger partial charge on any atom is -0.444 e. The minimum absolute atomic E-state index is 0.00580. The van der Waals surface area contributed by atoms with Crippen molar-refractivity contribution in [2.75, 3.05) is 0 Å². The van der Waals surface area contributed by atoms with Gasteiger partial charge in [0.15, 0.2) is 0 Å². The third kappa shape index (κ3) is 3.74. The molecule has 2 rings (SSSR count). The molecular weight excluding hydrogens is 282 g/mol. The molecule has 1 amide bonds. The van der Waals surface area contributed by atoms with Crippen LogP contribution in [-0.2, 0) is 4.74 Å². The van der Waals surface area contributed by atoms with E-state index in [2.05, 4.69) is 5.32 Å². The average Bonchev–Trinajstić information content (AvgIpc) is 2.94. The first-order valence-electron chi connectivity index (χ1n) is 8.46. The minimum atomic E-state index is -0.688. The Kier molecular flexibility index (Phi) is 5.07. The first-order valence-corrected chi connectivity index (χ1v) is 8.46. The topological polar surface area (TPSA) is 78.8 Å². The first kappa shape index (κ1) is 17.5. The SMILES string of the molecule is CC(C)[C@@H](O)C(NC(=O)OC(C)(C)C)[C@@H]1[C@H]2CC[C@H](C2)[C@@H]1O. The highest BCUT2D eigenvalue weighted by atomic mass is 16.6. The number of aliphatic hydroxyl groups is 2. The molecule has 0 aromatic rings. The van der Waals surface area contributed by atoms with Gasteiger partial charge in [0, 0.05) is 5.92 Å². The second kappa shape index (κ2) is 6.36. The number of amides is 1. The summed E-state index contributed by atoms with van der Waals surface area (Å²) < 4.78 is 5.33. The zero-order valence-corrected chi connectivity index (χ0v) is 14.4. The zero-order valence-electron chi connectivity index (χ0n) is 14.4. The highest BCUT2D eigenvalue weighted by Crippen LogP contribution is 2.50. The quantitative estimate of drug-likeness (QED) is 0.744. The van der Waals surface area contributed by atoms with Crippen molar-refractivity contribution in [3.05, 3.63) is 0 Å². The van der Waals surface area contributed by atoms with Crippen molar-refractivity contribution in [2.24, 2.45) is 23.7 Å². The van der Waals surface area contributed by atoms with E-state index in [9.17, 15) is 15.0 Å². The molecule has 2 bridgehead atoms. The van der Waals surface area contributed by atoms with E-state index < -0.39 is 29.9 Å². The predicted molar refractivity (Wildman–Crippen MR) is 84.3 cm³/mol. The summed E-state index contributed by atoms with van der Waals surface area (Å²) in [5.41, 5.74) is -0.579. The maximum absolute atomic E-state index is 12.1. The number of carbonyl (C=O) groups excluding carboxylic acids is 1. The number of nitrogens with one attached hydrogen (secondary N) is 1. The number of ether oxygens (including phenoxy) is 1. The lowest BCUT2D eigenvalue weighted by molar-refractivity contribution is -0.0206. The standard InChI is InChI=1S/C17H31NO4/c1-9(2)14(19)13(18-16(21)22-17(3,4)5)12-10-6-7-11(8-10)15(12)20/h9-15,19-20H,6-8H2,1-5H3,(H,18,21)/t10-,11+,12-,13?,14+,15-/m0/s1. The third-order valence-electron chi connectivity index (χ3n) is 5.08. The summed E-state index contributed by atoms with van der Waals surface area (Å²) in [7, 11) is 0. The Morgan fingerprint density at radius 3 is 2.27 bits per heavy atom. The van der Waals surface area contributed by atoms with Crippen molar-refractivity contribution < 1.29 is 19.7 Å². The van der Waals surface area contributed by atoms with Crippen molar-refractivity contribution in [3.63, 3.8) is 0 Å². The van der Waals surface area contributed by atoms with Crippen LogP contribution in [0.1, 0.15) is 53.9 Å². The second-order valence-electron chi connectivity index (χ2n) is 8.31. The highest BCUT2D eigenvalue weighted by molar-refractivity contribution is 5.68. The van der Waals surface area contributed by atoms with Gasteiger partial charge in [-0.2, -0.15) is 0 Å². The summed E-state index contributed by atoms with van der Waals surface area (Å²) in [6.07, 6.45) is 1.48. The van der Waals surface area contributed by atoms with Gasteiger partial charge in [-0.15, -0.1) is 0 Å². The molecule has 5 nitrogen and oxygen atoms in total. The molecule has 0 heterocycles. The molecular formula is C17H31NO4. The van der Waals surface area contributed by atoms with Gasteiger partial charge in [-0.05, 0) is 57.8 Å². The van der Waals surface area contributed by atoms with Gasteiger partial charge in [0.05, 0.1) is 18.2 Å². The normalized spacial score (nSPS) is 33.8. The molecule has 22 heavy (non-hydrogen) atoms. The van der Waals surface area contributed by atoms with Crippen molar-refractivity contribution in [2.45, 2.75) is 77.7 Å². The molecule has 0 aromatic carbocycles. The summed E-state index contributed by atoms with van der Waals surface area (Å²) in [5.74, 6) is 0.626. The Bertz CT molecular complexity index is 402. The van der Waals surface area contributed by atoms with Crippen LogP contribution in [0, 0.1) is 23.7 Å². The van der Waals surface area contributed by atoms with E-state index in [1.807, 2.05) is 34.6 Å². The van der Waals surface area contributed by atoms with E-state index >= 15 is 0 Å². The summed E-state index contributed by atoms with van der Waals surface area (Å²) in [5, 5.41) is 23.9. The molecule has 1 unspecified atom stereocenters. The molecule has 0 saturated heterocycles. The van der Waals surface area contributed by atoms with Crippen LogP contribution >= 0.6 is 0 Å². The average molecular weight is 313 g/mol. The summed E-state index contributed by atoms with van der Waals surface area (Å²) in [6, 6.07) is -0.458. The molecule has 2 fully saturated rings. The number of fused-ring (bicyclic) bond motifs is 2. The molecule has 6 atom stereocenters. The third-order valence-corrected chi connectivity index (χ3v) is 5.08. The molecule has 128 valence electrons. The lowest BCUT2D eigenvalue weighted by Gasteiger charge is -2.38. The van der Waals surface area contributed by atoms with E-state index in [4.69, 9.17) is 4.74 Å². The molecule has 0 aromatic heterocycles. The fourth-order valence-corrected chi connectivity index (χ4v) is 4.08. The van der Waals surface area contributed by atoms with Crippen molar-refractivity contribution in [1.82, 2.24) is 5.32 Å².